The molecule has 23 rings (SSSR count). The first-order valence-corrected chi connectivity index (χ1v) is 38.5. The molecule has 6 heteroatoms. The lowest BCUT2D eigenvalue weighted by molar-refractivity contribution is 0.660. The minimum Gasteiger partial charge on any atom is -0.456 e. The second-order valence-corrected chi connectivity index (χ2v) is 31.7. The number of furan rings is 4. The quantitative estimate of drug-likeness (QED) is 0.144. The summed E-state index contributed by atoms with van der Waals surface area (Å²) in [6, 6.07) is 122. The lowest BCUT2D eigenvalue weighted by Crippen LogP contribution is -2.18. The second kappa shape index (κ2) is 24.2. The molecule has 0 N–H and O–H groups in total. The minimum absolute atomic E-state index is 0.119. The van der Waals surface area contributed by atoms with Crippen molar-refractivity contribution in [2.45, 2.75) is 57.8 Å². The van der Waals surface area contributed by atoms with Crippen LogP contribution in [0.15, 0.2) is 357 Å². The molecular formula is C105H74N2O4. The first-order valence-electron chi connectivity index (χ1n) is 38.5. The summed E-state index contributed by atoms with van der Waals surface area (Å²) in [6.07, 6.45) is 0. The van der Waals surface area contributed by atoms with Gasteiger partial charge in [-0.05, 0) is 187 Å². The van der Waals surface area contributed by atoms with E-state index in [4.69, 9.17) is 17.7 Å². The van der Waals surface area contributed by atoms with Crippen LogP contribution in [0.1, 0.15) is 74.9 Å². The summed E-state index contributed by atoms with van der Waals surface area (Å²) in [6.45, 7) is 14.1. The summed E-state index contributed by atoms with van der Waals surface area (Å²) in [4.78, 5) is 4.84. The lowest BCUT2D eigenvalue weighted by Gasteiger charge is -2.30. The molecule has 20 aromatic rings. The van der Waals surface area contributed by atoms with E-state index in [1.54, 1.807) is 0 Å². The molecule has 3 aliphatic rings. The molecule has 6 nitrogen and oxygen atoms in total. The first kappa shape index (κ1) is 64.5. The molecule has 0 fully saturated rings. The Hall–Kier alpha value is -13.7. The predicted molar refractivity (Wildman–Crippen MR) is 460 cm³/mol. The Morgan fingerprint density at radius 3 is 0.910 bits per heavy atom. The van der Waals surface area contributed by atoms with E-state index in [1.165, 1.54) is 77.9 Å². The number of hydrogen-bond donors (Lipinski definition) is 0. The largest absolute Gasteiger partial charge is 0.456 e. The lowest BCUT2D eigenvalue weighted by atomic mass is 9.82. The Morgan fingerprint density at radius 2 is 0.495 bits per heavy atom. The van der Waals surface area contributed by atoms with Gasteiger partial charge < -0.3 is 27.5 Å². The molecule has 4 heterocycles. The van der Waals surface area contributed by atoms with Gasteiger partial charge >= 0.3 is 0 Å². The minimum atomic E-state index is -0.121. The fraction of sp³-hybridized carbons (Fsp3) is 0.0857. The van der Waals surface area contributed by atoms with E-state index in [1.807, 2.05) is 36.4 Å². The first-order chi connectivity index (χ1) is 54.3. The molecule has 0 unspecified atom stereocenters. The van der Waals surface area contributed by atoms with Crippen LogP contribution < -0.4 is 9.80 Å². The van der Waals surface area contributed by atoms with Gasteiger partial charge in [-0.2, -0.15) is 0 Å². The molecular weight excluding hydrogens is 1350 g/mol. The van der Waals surface area contributed by atoms with Crippen molar-refractivity contribution in [2.24, 2.45) is 0 Å². The standard InChI is InChI=1S/C54H39NO2.C51H35NO2/c1-53(2)43-17-9-5-13-36(43)38-27-25-34(29-45(38)53)55(35-26-28-39-37-14-6-10-18-44(37)54(3,4)46(39)30-35)33-23-21-32(22-24-33)42-31-49-50(40-15-7-11-19-47(40)56-49)51-41-16-8-12-20-48(41)57-52(42)51;1-51(2)42-20-10-6-17-37(42)38-29-28-35(30-43(38)51)52(44-21-11-7-16-36(44)32-14-4-3-5-15-32)34-26-24-33(25-27-34)41-31-47-48(39-18-8-12-22-45(39)53-47)49-40-19-9-13-23-46(40)54-50(41)49/h5-31H,1-4H3;3-31H,1-2H3. The van der Waals surface area contributed by atoms with E-state index in [-0.39, 0.29) is 16.2 Å². The number of rotatable bonds is 9. The van der Waals surface area contributed by atoms with Crippen molar-refractivity contribution < 1.29 is 17.7 Å². The van der Waals surface area contributed by atoms with Crippen molar-refractivity contribution in [1.82, 2.24) is 0 Å². The molecule has 0 saturated carbocycles. The maximum Gasteiger partial charge on any atom is 0.144 e. The van der Waals surface area contributed by atoms with Gasteiger partial charge in [0.1, 0.15) is 44.7 Å². The van der Waals surface area contributed by atoms with Gasteiger partial charge in [0.05, 0.1) is 5.69 Å². The van der Waals surface area contributed by atoms with Gasteiger partial charge in [0.15, 0.2) is 0 Å². The second-order valence-electron chi connectivity index (χ2n) is 31.7. The van der Waals surface area contributed by atoms with Gasteiger partial charge in [0.25, 0.3) is 0 Å². The van der Waals surface area contributed by atoms with Gasteiger partial charge in [-0.25, -0.2) is 0 Å². The summed E-state index contributed by atoms with van der Waals surface area (Å²) < 4.78 is 26.4. The van der Waals surface area contributed by atoms with Crippen molar-refractivity contribution in [3.05, 3.63) is 373 Å². The average molecular weight is 1430 g/mol. The highest BCUT2D eigenvalue weighted by atomic mass is 16.3. The van der Waals surface area contributed by atoms with Crippen LogP contribution in [-0.2, 0) is 16.2 Å². The van der Waals surface area contributed by atoms with E-state index in [2.05, 4.69) is 355 Å². The number of anilines is 6. The third-order valence-electron chi connectivity index (χ3n) is 24.6. The Kier molecular flexibility index (Phi) is 14.0. The van der Waals surface area contributed by atoms with Crippen molar-refractivity contribution in [3.8, 4) is 66.8 Å². The van der Waals surface area contributed by atoms with Crippen LogP contribution in [0.5, 0.6) is 0 Å². The van der Waals surface area contributed by atoms with E-state index in [0.29, 0.717) is 0 Å². The molecule has 0 radical (unpaired) electrons. The maximum atomic E-state index is 6.71. The summed E-state index contributed by atoms with van der Waals surface area (Å²) in [5.41, 5.74) is 35.9. The summed E-state index contributed by atoms with van der Waals surface area (Å²) >= 11 is 0. The van der Waals surface area contributed by atoms with Gasteiger partial charge in [0, 0.05) is 104 Å². The summed E-state index contributed by atoms with van der Waals surface area (Å²) in [7, 11) is 0. The fourth-order valence-electron chi connectivity index (χ4n) is 19.1. The van der Waals surface area contributed by atoms with Crippen molar-refractivity contribution in [1.29, 1.82) is 0 Å². The molecule has 0 aliphatic heterocycles. The van der Waals surface area contributed by atoms with E-state index >= 15 is 0 Å². The van der Waals surface area contributed by atoms with Crippen LogP contribution in [0.3, 0.4) is 0 Å². The van der Waals surface area contributed by atoms with Gasteiger partial charge in [-0.15, -0.1) is 0 Å². The van der Waals surface area contributed by atoms with Crippen LogP contribution in [0.25, 0.3) is 155 Å². The predicted octanol–water partition coefficient (Wildman–Crippen LogP) is 29.8. The monoisotopic (exact) mass is 1430 g/mol. The zero-order valence-electron chi connectivity index (χ0n) is 62.4. The smallest absolute Gasteiger partial charge is 0.144 e. The Morgan fingerprint density at radius 1 is 0.198 bits per heavy atom. The van der Waals surface area contributed by atoms with Crippen molar-refractivity contribution in [2.75, 3.05) is 9.80 Å². The SMILES string of the molecule is CC1(C)c2ccccc2-c2ccc(N(c3ccc(-c4cc5oc6ccccc6c5c5c4oc4ccccc45)cc3)c3ccc4c(c3)C(C)(C)c3ccccc3-4)cc21.CC1(C)c2ccccc2-c2ccc(N(c3ccc(-c4cc5oc6ccccc6c5c5c4oc4ccccc45)cc3)c3ccccc3-c3ccccc3)cc21. The topological polar surface area (TPSA) is 59.0 Å². The van der Waals surface area contributed by atoms with Gasteiger partial charge in [0.2, 0.25) is 0 Å². The molecule has 0 atom stereocenters. The van der Waals surface area contributed by atoms with E-state index < -0.39 is 0 Å². The maximum absolute atomic E-state index is 6.71. The number of benzene rings is 16. The number of fused-ring (bicyclic) bond motifs is 23. The highest BCUT2D eigenvalue weighted by Crippen LogP contribution is 2.56. The fourth-order valence-corrected chi connectivity index (χ4v) is 19.1. The highest BCUT2D eigenvalue weighted by molar-refractivity contribution is 6.30. The normalized spacial score (nSPS) is 13.9. The molecule has 0 bridgehead atoms. The zero-order valence-corrected chi connectivity index (χ0v) is 62.4. The molecule has 528 valence electrons. The Labute approximate surface area is 642 Å². The van der Waals surface area contributed by atoms with Gasteiger partial charge in [-0.3, -0.25) is 0 Å². The van der Waals surface area contributed by atoms with E-state index in [0.717, 1.165) is 144 Å². The van der Waals surface area contributed by atoms with Gasteiger partial charge in [-0.1, -0.05) is 278 Å². The molecule has 111 heavy (non-hydrogen) atoms. The van der Waals surface area contributed by atoms with Crippen LogP contribution in [0, 0.1) is 0 Å². The Balaban J connectivity index is 0.000000137. The van der Waals surface area contributed by atoms with Crippen LogP contribution in [0.4, 0.5) is 34.1 Å². The average Bonchev–Trinajstić information content (AvgIpc) is 1.59. The molecule has 0 spiro atoms. The molecule has 16 aromatic carbocycles. The molecule has 3 aliphatic carbocycles. The van der Waals surface area contributed by atoms with E-state index in [9.17, 15) is 0 Å². The number of para-hydroxylation sites is 5. The molecule has 0 saturated heterocycles. The van der Waals surface area contributed by atoms with Crippen LogP contribution in [-0.4, -0.2) is 0 Å². The van der Waals surface area contributed by atoms with Crippen molar-refractivity contribution in [3.63, 3.8) is 0 Å². The zero-order chi connectivity index (χ0) is 74.2. The highest BCUT2D eigenvalue weighted by Gasteiger charge is 2.40. The molecule has 4 aromatic heterocycles. The Bertz CT molecular complexity index is 7130. The summed E-state index contributed by atoms with van der Waals surface area (Å²) in [5, 5.41) is 8.76. The number of hydrogen-bond acceptors (Lipinski definition) is 6. The van der Waals surface area contributed by atoms with Crippen molar-refractivity contribution >= 4 is 122 Å². The number of nitrogens with zero attached hydrogens (tertiary/aromatic N) is 2. The summed E-state index contributed by atoms with van der Waals surface area (Å²) in [5.74, 6) is 0. The molecule has 0 amide bonds. The third kappa shape index (κ3) is 9.69. The van der Waals surface area contributed by atoms with Crippen LogP contribution in [0.2, 0.25) is 0 Å². The van der Waals surface area contributed by atoms with Crippen LogP contribution >= 0.6 is 0 Å². The third-order valence-corrected chi connectivity index (χ3v) is 24.6.